The van der Waals surface area contributed by atoms with Crippen LogP contribution in [-0.4, -0.2) is 18.8 Å². The molecule has 1 aliphatic rings. The Morgan fingerprint density at radius 1 is 1.50 bits per heavy atom. The van der Waals surface area contributed by atoms with Crippen molar-refractivity contribution >= 4 is 0 Å². The first-order chi connectivity index (χ1) is 8.71. The molecule has 4 nitrogen and oxygen atoms in total. The molecule has 3 N–H and O–H groups in total. The Labute approximate surface area is 108 Å². The highest BCUT2D eigenvalue weighted by Crippen LogP contribution is 2.39. The Morgan fingerprint density at radius 3 is 2.89 bits per heavy atom. The molecule has 1 saturated heterocycles. The predicted molar refractivity (Wildman–Crippen MR) is 71.3 cm³/mol. The summed E-state index contributed by atoms with van der Waals surface area (Å²) >= 11 is 0. The maximum atomic E-state index is 5.88. The van der Waals surface area contributed by atoms with Crippen LogP contribution in [0.1, 0.15) is 38.3 Å². The molecule has 2 atom stereocenters. The van der Waals surface area contributed by atoms with Crippen LogP contribution in [-0.2, 0) is 4.74 Å². The number of hydrogen-bond donors (Lipinski definition) is 2. The number of ether oxygens (including phenoxy) is 2. The van der Waals surface area contributed by atoms with Crippen LogP contribution in [0.25, 0.3) is 0 Å². The lowest BCUT2D eigenvalue weighted by molar-refractivity contribution is -0.0132. The minimum absolute atomic E-state index is 0.0530. The van der Waals surface area contributed by atoms with E-state index < -0.39 is 0 Å². The van der Waals surface area contributed by atoms with Gasteiger partial charge in [0.05, 0.1) is 18.2 Å². The molecule has 2 unspecified atom stereocenters. The summed E-state index contributed by atoms with van der Waals surface area (Å²) in [6, 6.07) is 7.94. The van der Waals surface area contributed by atoms with E-state index in [1.54, 1.807) is 0 Å². The number of hydrogen-bond acceptors (Lipinski definition) is 4. The predicted octanol–water partition coefficient (Wildman–Crippen LogP) is 2.16. The Balaban J connectivity index is 2.32. The summed E-state index contributed by atoms with van der Waals surface area (Å²) in [6.07, 6.45) is 2.08. The molecule has 0 saturated carbocycles. The smallest absolute Gasteiger partial charge is 0.124 e. The number of benzene rings is 1. The lowest BCUT2D eigenvalue weighted by Gasteiger charge is -2.34. The summed E-state index contributed by atoms with van der Waals surface area (Å²) in [4.78, 5) is 0. The molecule has 1 heterocycles. The lowest BCUT2D eigenvalue weighted by Crippen LogP contribution is -2.44. The second kappa shape index (κ2) is 5.69. The molecule has 0 radical (unpaired) electrons. The monoisotopic (exact) mass is 250 g/mol. The van der Waals surface area contributed by atoms with E-state index in [1.807, 2.05) is 31.2 Å². The molecule has 1 aromatic carbocycles. The van der Waals surface area contributed by atoms with Gasteiger partial charge < -0.3 is 9.47 Å². The quantitative estimate of drug-likeness (QED) is 0.621. The van der Waals surface area contributed by atoms with Crippen LogP contribution >= 0.6 is 0 Å². The van der Waals surface area contributed by atoms with E-state index in [2.05, 4.69) is 12.3 Å². The van der Waals surface area contributed by atoms with Crippen LogP contribution in [0, 0.1) is 0 Å². The topological polar surface area (TPSA) is 56.5 Å². The van der Waals surface area contributed by atoms with Crippen molar-refractivity contribution in [2.45, 2.75) is 38.3 Å². The fourth-order valence-corrected chi connectivity index (χ4v) is 2.63. The van der Waals surface area contributed by atoms with Gasteiger partial charge in [-0.2, -0.15) is 0 Å². The van der Waals surface area contributed by atoms with Crippen LogP contribution in [0.2, 0.25) is 0 Å². The summed E-state index contributed by atoms with van der Waals surface area (Å²) in [5.41, 5.74) is 3.69. The first-order valence-electron chi connectivity index (χ1n) is 6.53. The van der Waals surface area contributed by atoms with Gasteiger partial charge in [-0.05, 0) is 32.8 Å². The molecular formula is C14H22N2O2. The van der Waals surface area contributed by atoms with Gasteiger partial charge in [0.2, 0.25) is 0 Å². The molecule has 4 heteroatoms. The van der Waals surface area contributed by atoms with Crippen molar-refractivity contribution in [3.63, 3.8) is 0 Å². The molecule has 0 bridgehead atoms. The maximum absolute atomic E-state index is 5.88. The van der Waals surface area contributed by atoms with Gasteiger partial charge in [0.25, 0.3) is 0 Å². The van der Waals surface area contributed by atoms with E-state index in [4.69, 9.17) is 15.3 Å². The van der Waals surface area contributed by atoms with E-state index in [-0.39, 0.29) is 11.6 Å². The normalized spacial score (nSPS) is 25.1. The minimum Gasteiger partial charge on any atom is -0.494 e. The Hall–Kier alpha value is -1.10. The van der Waals surface area contributed by atoms with Crippen LogP contribution in [0.4, 0.5) is 0 Å². The van der Waals surface area contributed by atoms with Crippen molar-refractivity contribution in [3.05, 3.63) is 29.8 Å². The van der Waals surface area contributed by atoms with Gasteiger partial charge in [0.15, 0.2) is 0 Å². The SMILES string of the molecule is CCOc1ccccc1C(NN)C1(C)CCCO1. The molecular weight excluding hydrogens is 228 g/mol. The molecule has 0 aromatic heterocycles. The molecule has 0 amide bonds. The molecule has 18 heavy (non-hydrogen) atoms. The second-order valence-electron chi connectivity index (χ2n) is 4.84. The largest absolute Gasteiger partial charge is 0.494 e. The minimum atomic E-state index is -0.262. The van der Waals surface area contributed by atoms with Gasteiger partial charge in [-0.1, -0.05) is 18.2 Å². The molecule has 100 valence electrons. The first kappa shape index (κ1) is 13.3. The number of rotatable bonds is 5. The molecule has 1 aromatic rings. The van der Waals surface area contributed by atoms with Crippen molar-refractivity contribution < 1.29 is 9.47 Å². The highest BCUT2D eigenvalue weighted by Gasteiger charge is 2.40. The summed E-state index contributed by atoms with van der Waals surface area (Å²) < 4.78 is 11.6. The lowest BCUT2D eigenvalue weighted by atomic mass is 9.87. The number of nitrogens with one attached hydrogen (secondary N) is 1. The van der Waals surface area contributed by atoms with Gasteiger partial charge in [-0.3, -0.25) is 5.84 Å². The van der Waals surface area contributed by atoms with Crippen molar-refractivity contribution in [1.82, 2.24) is 5.43 Å². The summed E-state index contributed by atoms with van der Waals surface area (Å²) in [5.74, 6) is 6.62. The highest BCUT2D eigenvalue weighted by atomic mass is 16.5. The zero-order valence-electron chi connectivity index (χ0n) is 11.1. The zero-order chi connectivity index (χ0) is 13.0. The van der Waals surface area contributed by atoms with Crippen molar-refractivity contribution in [3.8, 4) is 5.75 Å². The van der Waals surface area contributed by atoms with Gasteiger partial charge in [0.1, 0.15) is 5.75 Å². The van der Waals surface area contributed by atoms with Crippen LogP contribution in [0.15, 0.2) is 24.3 Å². The van der Waals surface area contributed by atoms with Crippen LogP contribution in [0.3, 0.4) is 0 Å². The van der Waals surface area contributed by atoms with Gasteiger partial charge in [-0.25, -0.2) is 5.43 Å². The van der Waals surface area contributed by atoms with E-state index in [1.165, 1.54) is 0 Å². The van der Waals surface area contributed by atoms with E-state index in [9.17, 15) is 0 Å². The Morgan fingerprint density at radius 2 is 2.28 bits per heavy atom. The molecule has 1 fully saturated rings. The fourth-order valence-electron chi connectivity index (χ4n) is 2.63. The Kier molecular flexibility index (Phi) is 4.22. The number of para-hydroxylation sites is 1. The highest BCUT2D eigenvalue weighted by molar-refractivity contribution is 5.37. The Bertz CT molecular complexity index is 389. The van der Waals surface area contributed by atoms with E-state index >= 15 is 0 Å². The standard InChI is InChI=1S/C14H22N2O2/c1-3-17-12-8-5-4-7-11(12)13(16-15)14(2)9-6-10-18-14/h4-5,7-8,13,16H,3,6,9-10,15H2,1-2H3. The third kappa shape index (κ3) is 2.51. The van der Waals surface area contributed by atoms with Crippen molar-refractivity contribution in [1.29, 1.82) is 0 Å². The summed E-state index contributed by atoms with van der Waals surface area (Å²) in [7, 11) is 0. The van der Waals surface area contributed by atoms with Gasteiger partial charge in [0, 0.05) is 12.2 Å². The van der Waals surface area contributed by atoms with E-state index in [0.29, 0.717) is 6.61 Å². The molecule has 0 spiro atoms. The van der Waals surface area contributed by atoms with Gasteiger partial charge in [-0.15, -0.1) is 0 Å². The summed E-state index contributed by atoms with van der Waals surface area (Å²) in [5, 5.41) is 0. The van der Waals surface area contributed by atoms with Crippen LogP contribution in [0.5, 0.6) is 5.75 Å². The van der Waals surface area contributed by atoms with Crippen molar-refractivity contribution in [2.75, 3.05) is 13.2 Å². The van der Waals surface area contributed by atoms with Crippen LogP contribution < -0.4 is 16.0 Å². The third-order valence-corrected chi connectivity index (χ3v) is 3.56. The fraction of sp³-hybridized carbons (Fsp3) is 0.571. The number of hydrazine groups is 1. The molecule has 2 rings (SSSR count). The zero-order valence-corrected chi connectivity index (χ0v) is 11.1. The molecule has 0 aliphatic carbocycles. The number of nitrogens with two attached hydrogens (primary N) is 1. The first-order valence-corrected chi connectivity index (χ1v) is 6.53. The third-order valence-electron chi connectivity index (χ3n) is 3.56. The van der Waals surface area contributed by atoms with Crippen molar-refractivity contribution in [2.24, 2.45) is 5.84 Å². The maximum Gasteiger partial charge on any atom is 0.124 e. The van der Waals surface area contributed by atoms with E-state index in [0.717, 1.165) is 30.8 Å². The average Bonchev–Trinajstić information content (AvgIpc) is 2.80. The molecule has 1 aliphatic heterocycles. The summed E-state index contributed by atoms with van der Waals surface area (Å²) in [6.45, 7) is 5.53. The average molecular weight is 250 g/mol. The second-order valence-corrected chi connectivity index (χ2v) is 4.84. The van der Waals surface area contributed by atoms with Gasteiger partial charge >= 0.3 is 0 Å².